The Bertz CT molecular complexity index is 1110. The Morgan fingerprint density at radius 2 is 1.79 bits per heavy atom. The number of carbonyl (C=O) groups excluding carboxylic acids is 1. The first-order chi connectivity index (χ1) is 13.4. The molecule has 0 saturated heterocycles. The van der Waals surface area contributed by atoms with E-state index in [0.29, 0.717) is 5.82 Å². The summed E-state index contributed by atoms with van der Waals surface area (Å²) in [6.45, 7) is 0. The molecule has 3 aromatic rings. The Hall–Kier alpha value is -3.67. The fourth-order valence-corrected chi connectivity index (χ4v) is 3.03. The number of carbonyl (C=O) groups is 1. The predicted octanol–water partition coefficient (Wildman–Crippen LogP) is 0.912. The number of anilines is 4. The minimum atomic E-state index is -3.55. The van der Waals surface area contributed by atoms with Crippen LogP contribution in [0, 0.1) is 0 Å². The molecule has 0 aromatic carbocycles. The molecule has 0 aliphatic carbocycles. The van der Waals surface area contributed by atoms with E-state index in [4.69, 9.17) is 0 Å². The zero-order valence-electron chi connectivity index (χ0n) is 14.9. The Morgan fingerprint density at radius 3 is 2.46 bits per heavy atom. The molecule has 0 spiro atoms. The highest BCUT2D eigenvalue weighted by atomic mass is 32.2. The van der Waals surface area contributed by atoms with Crippen molar-refractivity contribution in [3.63, 3.8) is 0 Å². The van der Waals surface area contributed by atoms with Crippen LogP contribution in [0.3, 0.4) is 0 Å². The second kappa shape index (κ2) is 7.92. The molecule has 12 heteroatoms. The minimum absolute atomic E-state index is 0.0156. The molecule has 0 aliphatic rings. The van der Waals surface area contributed by atoms with Crippen LogP contribution in [0.4, 0.5) is 23.1 Å². The Morgan fingerprint density at radius 1 is 1.00 bits per heavy atom. The highest BCUT2D eigenvalue weighted by Gasteiger charge is 2.19. The molecule has 3 rings (SSSR count). The fourth-order valence-electron chi connectivity index (χ4n) is 2.24. The third-order valence-corrected chi connectivity index (χ3v) is 4.62. The van der Waals surface area contributed by atoms with Crippen molar-refractivity contribution in [1.82, 2.24) is 30.7 Å². The number of amides is 1. The summed E-state index contributed by atoms with van der Waals surface area (Å²) in [7, 11) is -2.10. The second-order valence-corrected chi connectivity index (χ2v) is 7.54. The van der Waals surface area contributed by atoms with E-state index < -0.39 is 15.7 Å². The molecule has 0 radical (unpaired) electrons. The van der Waals surface area contributed by atoms with E-state index in [-0.39, 0.29) is 27.9 Å². The lowest BCUT2D eigenvalue weighted by atomic mass is 10.3. The van der Waals surface area contributed by atoms with Crippen molar-refractivity contribution in [2.45, 2.75) is 4.90 Å². The average molecular weight is 400 g/mol. The zero-order valence-corrected chi connectivity index (χ0v) is 15.7. The largest absolute Gasteiger partial charge is 0.354 e. The number of nitrogens with one attached hydrogen (secondary N) is 3. The second-order valence-electron chi connectivity index (χ2n) is 5.55. The summed E-state index contributed by atoms with van der Waals surface area (Å²) in [5.74, 6) is 0.254. The van der Waals surface area contributed by atoms with Crippen LogP contribution in [-0.2, 0) is 9.84 Å². The molecule has 11 nitrogen and oxygen atoms in total. The van der Waals surface area contributed by atoms with Gasteiger partial charge in [0.05, 0.1) is 5.69 Å². The quantitative estimate of drug-likeness (QED) is 0.544. The fraction of sp³-hybridized carbons (Fsp3) is 0.125. The Balaban J connectivity index is 2.03. The van der Waals surface area contributed by atoms with E-state index in [1.165, 1.54) is 37.6 Å². The maximum Gasteiger partial charge on any atom is 0.273 e. The van der Waals surface area contributed by atoms with Crippen molar-refractivity contribution in [3.8, 4) is 0 Å². The van der Waals surface area contributed by atoms with Crippen LogP contribution in [0.15, 0.2) is 47.6 Å². The van der Waals surface area contributed by atoms with Gasteiger partial charge in [0.25, 0.3) is 5.91 Å². The van der Waals surface area contributed by atoms with Crippen LogP contribution in [0.2, 0.25) is 0 Å². The van der Waals surface area contributed by atoms with Crippen LogP contribution >= 0.6 is 0 Å². The Kier molecular flexibility index (Phi) is 5.40. The van der Waals surface area contributed by atoms with Gasteiger partial charge in [0, 0.05) is 31.8 Å². The third-order valence-electron chi connectivity index (χ3n) is 3.49. The summed E-state index contributed by atoms with van der Waals surface area (Å²) in [6, 6.07) is 7.78. The van der Waals surface area contributed by atoms with E-state index in [1.807, 2.05) is 0 Å². The van der Waals surface area contributed by atoms with Crippen LogP contribution < -0.4 is 16.0 Å². The van der Waals surface area contributed by atoms with Gasteiger partial charge in [-0.2, -0.15) is 5.10 Å². The predicted molar refractivity (Wildman–Crippen MR) is 101 cm³/mol. The molecule has 0 fully saturated rings. The first kappa shape index (κ1) is 19.1. The minimum Gasteiger partial charge on any atom is -0.354 e. The topological polar surface area (TPSA) is 152 Å². The summed E-state index contributed by atoms with van der Waals surface area (Å²) in [6.07, 6.45) is 4.02. The van der Waals surface area contributed by atoms with E-state index in [1.54, 1.807) is 12.1 Å². The number of sulfone groups is 1. The maximum atomic E-state index is 12.1. The van der Waals surface area contributed by atoms with Crippen molar-refractivity contribution in [2.75, 3.05) is 23.9 Å². The van der Waals surface area contributed by atoms with E-state index in [0.717, 1.165) is 6.26 Å². The zero-order chi connectivity index (χ0) is 20.1. The van der Waals surface area contributed by atoms with Gasteiger partial charge in [-0.1, -0.05) is 0 Å². The van der Waals surface area contributed by atoms with Gasteiger partial charge in [-0.15, -0.1) is 15.3 Å². The van der Waals surface area contributed by atoms with Gasteiger partial charge in [-0.25, -0.2) is 13.4 Å². The molecule has 3 N–H and O–H groups in total. The summed E-state index contributed by atoms with van der Waals surface area (Å²) in [5.41, 5.74) is 0.182. The molecular formula is C16H16N8O3S. The monoisotopic (exact) mass is 400 g/mol. The van der Waals surface area contributed by atoms with E-state index >= 15 is 0 Å². The number of nitrogens with zero attached hydrogens (tertiary/aromatic N) is 5. The van der Waals surface area contributed by atoms with Gasteiger partial charge in [0.2, 0.25) is 0 Å². The Labute approximate surface area is 160 Å². The number of aromatic nitrogens is 5. The highest BCUT2D eigenvalue weighted by molar-refractivity contribution is 7.90. The number of pyridine rings is 1. The van der Waals surface area contributed by atoms with Crippen LogP contribution in [0.1, 0.15) is 10.5 Å². The highest BCUT2D eigenvalue weighted by Crippen LogP contribution is 2.26. The molecule has 3 heterocycles. The first-order valence-corrected chi connectivity index (χ1v) is 9.84. The van der Waals surface area contributed by atoms with Gasteiger partial charge >= 0.3 is 0 Å². The van der Waals surface area contributed by atoms with Crippen molar-refractivity contribution < 1.29 is 13.2 Å². The molecule has 0 aliphatic heterocycles. The normalized spacial score (nSPS) is 10.9. The SMILES string of the molecule is CNC(=O)c1nnc(Nc2cccnn2)cc1Nc1ncccc1S(C)(=O)=O. The van der Waals surface area contributed by atoms with Crippen molar-refractivity contribution in [2.24, 2.45) is 0 Å². The van der Waals surface area contributed by atoms with Gasteiger partial charge in [0.15, 0.2) is 27.2 Å². The number of rotatable bonds is 6. The van der Waals surface area contributed by atoms with Crippen LogP contribution in [-0.4, -0.2) is 53.0 Å². The van der Waals surface area contributed by atoms with Crippen LogP contribution in [0.25, 0.3) is 0 Å². The average Bonchev–Trinajstić information content (AvgIpc) is 2.68. The lowest BCUT2D eigenvalue weighted by molar-refractivity contribution is 0.0958. The molecule has 144 valence electrons. The van der Waals surface area contributed by atoms with Crippen molar-refractivity contribution in [3.05, 3.63) is 48.4 Å². The standard InChI is InChI=1S/C16H16N8O3S/c1-17-16(25)14-10(20-15-11(28(2,26)27)5-3-7-18-15)9-13(23-24-14)21-12-6-4-8-19-22-12/h3-9H,1-2H3,(H,17,25)(H2,18,20,21,22,23). The van der Waals surface area contributed by atoms with Gasteiger partial charge in [0.1, 0.15) is 10.7 Å². The van der Waals surface area contributed by atoms with Crippen LogP contribution in [0.5, 0.6) is 0 Å². The van der Waals surface area contributed by atoms with Crippen molar-refractivity contribution in [1.29, 1.82) is 0 Å². The van der Waals surface area contributed by atoms with Crippen molar-refractivity contribution >= 4 is 38.9 Å². The van der Waals surface area contributed by atoms with Gasteiger partial charge in [-0.05, 0) is 24.3 Å². The van der Waals surface area contributed by atoms with Gasteiger partial charge < -0.3 is 16.0 Å². The number of hydrogen-bond acceptors (Lipinski definition) is 10. The molecular weight excluding hydrogens is 384 g/mol. The molecule has 1 amide bonds. The molecule has 0 saturated carbocycles. The van der Waals surface area contributed by atoms with E-state index in [2.05, 4.69) is 41.3 Å². The summed E-state index contributed by atoms with van der Waals surface area (Å²) in [5, 5.41) is 23.7. The summed E-state index contributed by atoms with van der Waals surface area (Å²) >= 11 is 0. The lowest BCUT2D eigenvalue weighted by Crippen LogP contribution is -2.22. The number of hydrogen-bond donors (Lipinski definition) is 3. The molecule has 28 heavy (non-hydrogen) atoms. The molecule has 0 bridgehead atoms. The van der Waals surface area contributed by atoms with Gasteiger partial charge in [-0.3, -0.25) is 4.79 Å². The molecule has 3 aromatic heterocycles. The molecule has 0 atom stereocenters. The molecule has 0 unspecified atom stereocenters. The maximum absolute atomic E-state index is 12.1. The smallest absolute Gasteiger partial charge is 0.273 e. The summed E-state index contributed by atoms with van der Waals surface area (Å²) in [4.78, 5) is 16.2. The first-order valence-electron chi connectivity index (χ1n) is 7.95. The third kappa shape index (κ3) is 4.35. The van der Waals surface area contributed by atoms with E-state index in [9.17, 15) is 13.2 Å². The lowest BCUT2D eigenvalue weighted by Gasteiger charge is -2.13. The summed E-state index contributed by atoms with van der Waals surface area (Å²) < 4.78 is 24.0.